The molecule has 3 nitrogen and oxygen atoms in total. The quantitative estimate of drug-likeness (QED) is 0.622. The molecule has 0 fully saturated rings. The minimum Gasteiger partial charge on any atom is -0.383 e. The van der Waals surface area contributed by atoms with Crippen molar-refractivity contribution in [3.05, 3.63) is 69.2 Å². The monoisotopic (exact) mass is 367 g/mol. The first-order valence-electron chi connectivity index (χ1n) is 7.65. The molecule has 1 aromatic heterocycles. The molecule has 0 amide bonds. The SMILES string of the molecule is Cc1ccc(-c2cc(-c3cccc(Cl)c3Cl)c(C#N)c(N)n2)cc1C. The Labute approximate surface area is 156 Å². The molecule has 3 aromatic rings. The smallest absolute Gasteiger partial charge is 0.142 e. The van der Waals surface area contributed by atoms with Crippen LogP contribution in [0.4, 0.5) is 5.82 Å². The average molecular weight is 368 g/mol. The first-order valence-corrected chi connectivity index (χ1v) is 8.40. The third-order valence-electron chi connectivity index (χ3n) is 4.20. The second kappa shape index (κ2) is 6.76. The average Bonchev–Trinajstić information content (AvgIpc) is 2.59. The number of nitrogens with zero attached hydrogens (tertiary/aromatic N) is 2. The second-order valence-electron chi connectivity index (χ2n) is 5.83. The highest BCUT2D eigenvalue weighted by Crippen LogP contribution is 2.38. The molecule has 2 N–H and O–H groups in total. The van der Waals surface area contributed by atoms with Crippen molar-refractivity contribution in [2.75, 3.05) is 5.73 Å². The van der Waals surface area contributed by atoms with Gasteiger partial charge in [-0.05, 0) is 43.2 Å². The van der Waals surface area contributed by atoms with Crippen LogP contribution in [0.15, 0.2) is 42.5 Å². The summed E-state index contributed by atoms with van der Waals surface area (Å²) in [6, 6.07) is 15.3. The van der Waals surface area contributed by atoms with Crippen molar-refractivity contribution in [3.8, 4) is 28.5 Å². The predicted octanol–water partition coefficient (Wildman–Crippen LogP) is 5.79. The lowest BCUT2D eigenvalue weighted by molar-refractivity contribution is 1.29. The highest BCUT2D eigenvalue weighted by molar-refractivity contribution is 6.43. The van der Waals surface area contributed by atoms with Crippen LogP contribution in [0.2, 0.25) is 10.0 Å². The Morgan fingerprint density at radius 2 is 1.76 bits per heavy atom. The van der Waals surface area contributed by atoms with Gasteiger partial charge in [-0.3, -0.25) is 0 Å². The van der Waals surface area contributed by atoms with Crippen LogP contribution in [0.5, 0.6) is 0 Å². The van der Waals surface area contributed by atoms with E-state index in [1.165, 1.54) is 5.56 Å². The minimum absolute atomic E-state index is 0.171. The van der Waals surface area contributed by atoms with Crippen molar-refractivity contribution in [1.82, 2.24) is 4.98 Å². The molecule has 0 bridgehead atoms. The predicted molar refractivity (Wildman–Crippen MR) is 104 cm³/mol. The summed E-state index contributed by atoms with van der Waals surface area (Å²) in [5.74, 6) is 0.171. The maximum absolute atomic E-state index is 9.52. The molecule has 0 saturated heterocycles. The summed E-state index contributed by atoms with van der Waals surface area (Å²) in [5, 5.41) is 10.3. The number of aryl methyl sites for hydroxylation is 2. The summed E-state index contributed by atoms with van der Waals surface area (Å²) in [5.41, 5.74) is 11.6. The Bertz CT molecular complexity index is 1020. The molecule has 0 atom stereocenters. The van der Waals surface area contributed by atoms with Crippen LogP contribution in [-0.2, 0) is 0 Å². The molecule has 2 aromatic carbocycles. The fourth-order valence-corrected chi connectivity index (χ4v) is 3.06. The first-order chi connectivity index (χ1) is 11.9. The molecule has 1 heterocycles. The maximum atomic E-state index is 9.52. The van der Waals surface area contributed by atoms with E-state index in [1.54, 1.807) is 12.1 Å². The number of pyridine rings is 1. The maximum Gasteiger partial charge on any atom is 0.142 e. The number of rotatable bonds is 2. The Morgan fingerprint density at radius 1 is 1.00 bits per heavy atom. The largest absolute Gasteiger partial charge is 0.383 e. The van der Waals surface area contributed by atoms with E-state index in [0.717, 1.165) is 11.1 Å². The number of halogens is 2. The summed E-state index contributed by atoms with van der Waals surface area (Å²) in [4.78, 5) is 4.40. The van der Waals surface area contributed by atoms with Crippen LogP contribution in [0.25, 0.3) is 22.4 Å². The molecular weight excluding hydrogens is 353 g/mol. The standard InChI is InChI=1S/C20H15Cl2N3/c1-11-6-7-13(8-12(11)2)18-9-15(16(10-23)20(24)25-18)14-4-3-5-17(21)19(14)22/h3-9H,1-2H3,(H2,24,25). The fourth-order valence-electron chi connectivity index (χ4n) is 2.66. The van der Waals surface area contributed by atoms with E-state index >= 15 is 0 Å². The lowest BCUT2D eigenvalue weighted by Gasteiger charge is -2.13. The van der Waals surface area contributed by atoms with E-state index in [1.807, 2.05) is 37.3 Å². The summed E-state index contributed by atoms with van der Waals surface area (Å²) >= 11 is 12.5. The van der Waals surface area contributed by atoms with Crippen LogP contribution in [0.3, 0.4) is 0 Å². The van der Waals surface area contributed by atoms with Crippen molar-refractivity contribution in [2.45, 2.75) is 13.8 Å². The number of anilines is 1. The molecule has 0 saturated carbocycles. The van der Waals surface area contributed by atoms with Gasteiger partial charge in [0.1, 0.15) is 17.5 Å². The van der Waals surface area contributed by atoms with Crippen LogP contribution in [-0.4, -0.2) is 4.98 Å². The van der Waals surface area contributed by atoms with E-state index in [4.69, 9.17) is 28.9 Å². The summed E-state index contributed by atoms with van der Waals surface area (Å²) in [7, 11) is 0. The zero-order chi connectivity index (χ0) is 18.1. The minimum atomic E-state index is 0.171. The van der Waals surface area contributed by atoms with E-state index in [0.29, 0.717) is 26.9 Å². The van der Waals surface area contributed by atoms with Crippen molar-refractivity contribution in [2.24, 2.45) is 0 Å². The molecule has 0 aliphatic carbocycles. The van der Waals surface area contributed by atoms with Crippen LogP contribution >= 0.6 is 23.2 Å². The lowest BCUT2D eigenvalue weighted by Crippen LogP contribution is -2.00. The number of nitrogens with two attached hydrogens (primary N) is 1. The van der Waals surface area contributed by atoms with E-state index in [2.05, 4.69) is 18.0 Å². The Kier molecular flexibility index (Phi) is 4.67. The molecule has 5 heteroatoms. The van der Waals surface area contributed by atoms with Gasteiger partial charge < -0.3 is 5.73 Å². The highest BCUT2D eigenvalue weighted by atomic mass is 35.5. The van der Waals surface area contributed by atoms with Gasteiger partial charge in [0, 0.05) is 16.7 Å². The molecule has 0 aliphatic heterocycles. The van der Waals surface area contributed by atoms with Gasteiger partial charge >= 0.3 is 0 Å². The van der Waals surface area contributed by atoms with Crippen molar-refractivity contribution in [1.29, 1.82) is 5.26 Å². The van der Waals surface area contributed by atoms with Crippen LogP contribution in [0.1, 0.15) is 16.7 Å². The first kappa shape index (κ1) is 17.3. The second-order valence-corrected chi connectivity index (χ2v) is 6.61. The van der Waals surface area contributed by atoms with Crippen molar-refractivity contribution in [3.63, 3.8) is 0 Å². The molecular formula is C20H15Cl2N3. The number of nitrogen functional groups attached to an aromatic ring is 1. The molecule has 0 unspecified atom stereocenters. The normalized spacial score (nSPS) is 10.5. The van der Waals surface area contributed by atoms with Gasteiger partial charge in [-0.15, -0.1) is 0 Å². The lowest BCUT2D eigenvalue weighted by atomic mass is 9.97. The van der Waals surface area contributed by atoms with Gasteiger partial charge in [0.05, 0.1) is 15.7 Å². The molecule has 3 rings (SSSR count). The fraction of sp³-hybridized carbons (Fsp3) is 0.100. The Balaban J connectivity index is 2.28. The summed E-state index contributed by atoms with van der Waals surface area (Å²) in [6.45, 7) is 4.09. The topological polar surface area (TPSA) is 62.7 Å². The van der Waals surface area contributed by atoms with Gasteiger partial charge in [0.25, 0.3) is 0 Å². The van der Waals surface area contributed by atoms with Gasteiger partial charge in [-0.2, -0.15) is 5.26 Å². The third kappa shape index (κ3) is 3.19. The number of nitriles is 1. The van der Waals surface area contributed by atoms with Gasteiger partial charge in [-0.1, -0.05) is 47.5 Å². The number of benzene rings is 2. The van der Waals surface area contributed by atoms with Crippen molar-refractivity contribution >= 4 is 29.0 Å². The van der Waals surface area contributed by atoms with Gasteiger partial charge in [0.15, 0.2) is 0 Å². The summed E-state index contributed by atoms with van der Waals surface area (Å²) < 4.78 is 0. The molecule has 0 aliphatic rings. The number of hydrogen-bond acceptors (Lipinski definition) is 3. The van der Waals surface area contributed by atoms with Crippen LogP contribution in [0, 0.1) is 25.2 Å². The van der Waals surface area contributed by atoms with Gasteiger partial charge in [-0.25, -0.2) is 4.98 Å². The molecule has 0 spiro atoms. The third-order valence-corrected chi connectivity index (χ3v) is 5.02. The van der Waals surface area contributed by atoms with E-state index in [9.17, 15) is 5.26 Å². The summed E-state index contributed by atoms with van der Waals surface area (Å²) in [6.07, 6.45) is 0. The Morgan fingerprint density at radius 3 is 2.44 bits per heavy atom. The van der Waals surface area contributed by atoms with Crippen LogP contribution < -0.4 is 5.73 Å². The molecule has 0 radical (unpaired) electrons. The Hall–Kier alpha value is -2.54. The van der Waals surface area contributed by atoms with Gasteiger partial charge in [0.2, 0.25) is 0 Å². The molecule has 25 heavy (non-hydrogen) atoms. The van der Waals surface area contributed by atoms with E-state index in [-0.39, 0.29) is 11.4 Å². The molecule has 124 valence electrons. The van der Waals surface area contributed by atoms with E-state index < -0.39 is 0 Å². The zero-order valence-electron chi connectivity index (χ0n) is 13.8. The number of aromatic nitrogens is 1. The highest BCUT2D eigenvalue weighted by Gasteiger charge is 2.16. The zero-order valence-corrected chi connectivity index (χ0v) is 15.3. The number of hydrogen-bond donors (Lipinski definition) is 1. The van der Waals surface area contributed by atoms with Crippen molar-refractivity contribution < 1.29 is 0 Å².